The molecule has 0 radical (unpaired) electrons. The number of rotatable bonds is 7. The van der Waals surface area contributed by atoms with Crippen molar-refractivity contribution in [3.63, 3.8) is 0 Å². The number of carboxylic acids is 1. The van der Waals surface area contributed by atoms with Crippen LogP contribution >= 0.6 is 11.6 Å². The zero-order valence-corrected chi connectivity index (χ0v) is 15.7. The highest BCUT2D eigenvalue weighted by atomic mass is 35.5. The van der Waals surface area contributed by atoms with Crippen LogP contribution in [0.2, 0.25) is 5.02 Å². The number of hydrogen-bond acceptors (Lipinski definition) is 4. The van der Waals surface area contributed by atoms with Crippen LogP contribution in [0.1, 0.15) is 28.5 Å². The van der Waals surface area contributed by atoms with Crippen molar-refractivity contribution in [3.8, 4) is 17.0 Å². The second-order valence-corrected chi connectivity index (χ2v) is 6.45. The summed E-state index contributed by atoms with van der Waals surface area (Å²) in [7, 11) is 1.58. The van der Waals surface area contributed by atoms with Crippen LogP contribution in [0, 0.1) is 0 Å². The molecule has 1 aromatic heterocycles. The molecule has 0 saturated carbocycles. The maximum atomic E-state index is 12.6. The molecule has 0 fully saturated rings. The molecule has 0 spiro atoms. The third kappa shape index (κ3) is 4.50. The Bertz CT molecular complexity index is 985. The number of methoxy groups -OCH3 is 1. The Hall–Kier alpha value is -3.32. The summed E-state index contributed by atoms with van der Waals surface area (Å²) in [6.07, 6.45) is -0.297. The third-order valence-corrected chi connectivity index (χ3v) is 4.52. The lowest BCUT2D eigenvalue weighted by Crippen LogP contribution is -2.30. The van der Waals surface area contributed by atoms with Gasteiger partial charge in [-0.3, -0.25) is 14.7 Å². The Morgan fingerprint density at radius 1 is 1.21 bits per heavy atom. The first-order valence-electron chi connectivity index (χ1n) is 8.45. The number of aromatic nitrogens is 2. The molecule has 7 nitrogen and oxygen atoms in total. The SMILES string of the molecule is COc1ccc(-c2cc(C(=O)NC(CC(=O)O)c3ccccc3Cl)[nH]n2)cc1. The minimum absolute atomic E-state index is 0.216. The number of carbonyl (C=O) groups is 2. The van der Waals surface area contributed by atoms with E-state index >= 15 is 0 Å². The number of nitrogens with one attached hydrogen (secondary N) is 2. The first-order valence-corrected chi connectivity index (χ1v) is 8.82. The molecule has 0 saturated heterocycles. The van der Waals surface area contributed by atoms with E-state index in [0.29, 0.717) is 22.0 Å². The first kappa shape index (κ1) is 19.4. The molecule has 0 aliphatic carbocycles. The predicted molar refractivity (Wildman–Crippen MR) is 104 cm³/mol. The molecule has 1 atom stereocenters. The molecule has 1 amide bonds. The Morgan fingerprint density at radius 3 is 2.57 bits per heavy atom. The molecule has 3 aromatic rings. The van der Waals surface area contributed by atoms with E-state index in [9.17, 15) is 14.7 Å². The second-order valence-electron chi connectivity index (χ2n) is 6.04. The third-order valence-electron chi connectivity index (χ3n) is 4.17. The minimum Gasteiger partial charge on any atom is -0.497 e. The molecule has 2 aromatic carbocycles. The lowest BCUT2D eigenvalue weighted by atomic mass is 10.0. The number of ether oxygens (including phenoxy) is 1. The molecule has 3 rings (SSSR count). The van der Waals surface area contributed by atoms with Gasteiger partial charge in [0.15, 0.2) is 0 Å². The fourth-order valence-corrected chi connectivity index (χ4v) is 3.02. The lowest BCUT2D eigenvalue weighted by molar-refractivity contribution is -0.137. The molecule has 28 heavy (non-hydrogen) atoms. The van der Waals surface area contributed by atoms with Crippen LogP contribution in [-0.2, 0) is 4.79 Å². The van der Waals surface area contributed by atoms with E-state index in [1.165, 1.54) is 0 Å². The highest BCUT2D eigenvalue weighted by molar-refractivity contribution is 6.31. The molecule has 0 bridgehead atoms. The fourth-order valence-electron chi connectivity index (χ4n) is 2.75. The van der Waals surface area contributed by atoms with Crippen molar-refractivity contribution in [1.29, 1.82) is 0 Å². The van der Waals surface area contributed by atoms with Gasteiger partial charge in [-0.2, -0.15) is 5.10 Å². The van der Waals surface area contributed by atoms with Crippen molar-refractivity contribution in [3.05, 3.63) is 70.9 Å². The fraction of sp³-hybridized carbons (Fsp3) is 0.150. The van der Waals surface area contributed by atoms with Crippen molar-refractivity contribution in [2.24, 2.45) is 0 Å². The summed E-state index contributed by atoms with van der Waals surface area (Å²) in [4.78, 5) is 23.9. The lowest BCUT2D eigenvalue weighted by Gasteiger charge is -2.18. The zero-order chi connectivity index (χ0) is 20.1. The number of aliphatic carboxylic acids is 1. The van der Waals surface area contributed by atoms with Gasteiger partial charge in [0.05, 0.1) is 25.3 Å². The van der Waals surface area contributed by atoms with Gasteiger partial charge in [0.2, 0.25) is 0 Å². The highest BCUT2D eigenvalue weighted by Crippen LogP contribution is 2.26. The maximum Gasteiger partial charge on any atom is 0.305 e. The largest absolute Gasteiger partial charge is 0.497 e. The topological polar surface area (TPSA) is 104 Å². The minimum atomic E-state index is -1.05. The number of benzene rings is 2. The van der Waals surface area contributed by atoms with Gasteiger partial charge in [-0.05, 0) is 42.0 Å². The summed E-state index contributed by atoms with van der Waals surface area (Å²) in [5.74, 6) is -0.805. The van der Waals surface area contributed by atoms with Crippen molar-refractivity contribution in [1.82, 2.24) is 15.5 Å². The predicted octanol–water partition coefficient (Wildman–Crippen LogP) is 3.68. The average Bonchev–Trinajstić information content (AvgIpc) is 3.18. The van der Waals surface area contributed by atoms with Crippen LogP contribution in [0.5, 0.6) is 5.75 Å². The number of hydrogen-bond donors (Lipinski definition) is 3. The van der Waals surface area contributed by atoms with Gasteiger partial charge in [-0.25, -0.2) is 0 Å². The Labute approximate surface area is 166 Å². The smallest absolute Gasteiger partial charge is 0.305 e. The molecule has 144 valence electrons. The van der Waals surface area contributed by atoms with Crippen molar-refractivity contribution < 1.29 is 19.4 Å². The van der Waals surface area contributed by atoms with Crippen molar-refractivity contribution in [2.45, 2.75) is 12.5 Å². The number of nitrogens with zero attached hydrogens (tertiary/aromatic N) is 1. The molecular formula is C20H18ClN3O4. The van der Waals surface area contributed by atoms with Crippen LogP contribution in [0.15, 0.2) is 54.6 Å². The monoisotopic (exact) mass is 399 g/mol. The van der Waals surface area contributed by atoms with E-state index in [1.54, 1.807) is 49.6 Å². The summed E-state index contributed by atoms with van der Waals surface area (Å²) in [5.41, 5.74) is 2.15. The Kier molecular flexibility index (Phi) is 5.96. The second kappa shape index (κ2) is 8.58. The van der Waals surface area contributed by atoms with Crippen molar-refractivity contribution in [2.75, 3.05) is 7.11 Å². The van der Waals surface area contributed by atoms with Gasteiger partial charge in [0, 0.05) is 10.6 Å². The molecule has 0 aliphatic heterocycles. The summed E-state index contributed by atoms with van der Waals surface area (Å²) >= 11 is 6.17. The molecule has 3 N–H and O–H groups in total. The molecule has 0 aliphatic rings. The standard InChI is InChI=1S/C20H18ClN3O4/c1-28-13-8-6-12(7-9-13)16-10-18(24-23-16)20(27)22-17(11-19(25)26)14-4-2-3-5-15(14)21/h2-10,17H,11H2,1H3,(H,22,27)(H,23,24)(H,25,26). The van der Waals surface area contributed by atoms with E-state index in [2.05, 4.69) is 15.5 Å². The van der Waals surface area contributed by atoms with Gasteiger partial charge in [0.1, 0.15) is 11.4 Å². The molecule has 1 unspecified atom stereocenters. The van der Waals surface area contributed by atoms with E-state index in [-0.39, 0.29) is 12.1 Å². The first-order chi connectivity index (χ1) is 13.5. The summed E-state index contributed by atoms with van der Waals surface area (Å²) in [5, 5.41) is 19.1. The number of carboxylic acid groups (broad SMARTS) is 1. The number of amides is 1. The van der Waals surface area contributed by atoms with Gasteiger partial charge in [-0.15, -0.1) is 0 Å². The van der Waals surface area contributed by atoms with Gasteiger partial charge in [-0.1, -0.05) is 29.8 Å². The number of aromatic amines is 1. The molecule has 8 heteroatoms. The molecule has 1 heterocycles. The van der Waals surface area contributed by atoms with Gasteiger partial charge < -0.3 is 15.2 Å². The average molecular weight is 400 g/mol. The van der Waals surface area contributed by atoms with Crippen LogP contribution in [-0.4, -0.2) is 34.3 Å². The van der Waals surface area contributed by atoms with Gasteiger partial charge in [0.25, 0.3) is 5.91 Å². The van der Waals surface area contributed by atoms with Crippen LogP contribution < -0.4 is 10.1 Å². The quantitative estimate of drug-likeness (QED) is 0.562. The van der Waals surface area contributed by atoms with Gasteiger partial charge >= 0.3 is 5.97 Å². The van der Waals surface area contributed by atoms with Crippen LogP contribution in [0.25, 0.3) is 11.3 Å². The van der Waals surface area contributed by atoms with E-state index in [1.807, 2.05) is 12.1 Å². The van der Waals surface area contributed by atoms with E-state index in [0.717, 1.165) is 5.56 Å². The van der Waals surface area contributed by atoms with Crippen LogP contribution in [0.3, 0.4) is 0 Å². The Balaban J connectivity index is 1.79. The number of carbonyl (C=O) groups excluding carboxylic acids is 1. The summed E-state index contributed by atoms with van der Waals surface area (Å²) in [6.45, 7) is 0. The van der Waals surface area contributed by atoms with E-state index < -0.39 is 17.9 Å². The van der Waals surface area contributed by atoms with E-state index in [4.69, 9.17) is 16.3 Å². The van der Waals surface area contributed by atoms with Crippen LogP contribution in [0.4, 0.5) is 0 Å². The number of halogens is 1. The summed E-state index contributed by atoms with van der Waals surface area (Å²) < 4.78 is 5.12. The highest BCUT2D eigenvalue weighted by Gasteiger charge is 2.22. The Morgan fingerprint density at radius 2 is 1.93 bits per heavy atom. The zero-order valence-electron chi connectivity index (χ0n) is 15.0. The maximum absolute atomic E-state index is 12.6. The molecular weight excluding hydrogens is 382 g/mol. The number of H-pyrrole nitrogens is 1. The summed E-state index contributed by atoms with van der Waals surface area (Å²) in [6, 6.07) is 14.9. The normalized spacial score (nSPS) is 11.6. The van der Waals surface area contributed by atoms with Crippen molar-refractivity contribution >= 4 is 23.5 Å².